The number of nitrogens with zero attached hydrogens (tertiary/aromatic N) is 1. The molecule has 0 aliphatic rings. The maximum atomic E-state index is 12.4. The van der Waals surface area contributed by atoms with Crippen molar-refractivity contribution in [1.29, 1.82) is 0 Å². The van der Waals surface area contributed by atoms with Crippen LogP contribution in [0, 0.1) is 0 Å². The highest BCUT2D eigenvalue weighted by atomic mass is 32.1. The molecule has 0 aliphatic heterocycles. The number of carbonyl (C=O) groups excluding carboxylic acids is 3. The molecule has 0 fully saturated rings. The molecule has 2 aromatic carbocycles. The van der Waals surface area contributed by atoms with E-state index in [9.17, 15) is 14.4 Å². The molecule has 2 N–H and O–H groups in total. The second kappa shape index (κ2) is 10.5. The molecule has 2 amide bonds. The standard InChI is InChI=1S/C23H23N3O4S/c1-15(27)24-13-16-7-9-17(10-8-16)19-14-31-23(25-19)26-22(29)12-11-20(28)18-5-3-4-6-21(18)30-2/h3-10,14H,11-13H2,1-2H3,(H,24,27)(H,25,26,29). The first kappa shape index (κ1) is 22.2. The van der Waals surface area contributed by atoms with Gasteiger partial charge in [-0.1, -0.05) is 36.4 Å². The molecule has 7 nitrogen and oxygen atoms in total. The van der Waals surface area contributed by atoms with Gasteiger partial charge < -0.3 is 15.4 Å². The number of carbonyl (C=O) groups is 3. The summed E-state index contributed by atoms with van der Waals surface area (Å²) in [6.45, 7) is 1.95. The van der Waals surface area contributed by atoms with Gasteiger partial charge in [0, 0.05) is 37.3 Å². The van der Waals surface area contributed by atoms with Crippen LogP contribution in [-0.2, 0) is 16.1 Å². The number of ether oxygens (including phenoxy) is 1. The van der Waals surface area contributed by atoms with E-state index in [0.29, 0.717) is 23.0 Å². The first-order valence-electron chi connectivity index (χ1n) is 9.71. The maximum absolute atomic E-state index is 12.4. The van der Waals surface area contributed by atoms with Gasteiger partial charge in [-0.2, -0.15) is 0 Å². The number of para-hydroxylation sites is 1. The van der Waals surface area contributed by atoms with E-state index in [1.54, 1.807) is 24.3 Å². The average Bonchev–Trinajstić information content (AvgIpc) is 3.24. The van der Waals surface area contributed by atoms with Gasteiger partial charge in [-0.05, 0) is 17.7 Å². The van der Waals surface area contributed by atoms with E-state index < -0.39 is 0 Å². The predicted octanol–water partition coefficient (Wildman–Crippen LogP) is 4.06. The number of hydrogen-bond acceptors (Lipinski definition) is 6. The minimum absolute atomic E-state index is 0.0592. The fourth-order valence-corrected chi connectivity index (χ4v) is 3.64. The van der Waals surface area contributed by atoms with Gasteiger partial charge in [0.15, 0.2) is 10.9 Å². The van der Waals surface area contributed by atoms with Crippen molar-refractivity contribution in [2.45, 2.75) is 26.3 Å². The van der Waals surface area contributed by atoms with Gasteiger partial charge >= 0.3 is 0 Å². The largest absolute Gasteiger partial charge is 0.496 e. The second-order valence-corrected chi connectivity index (χ2v) is 7.67. The van der Waals surface area contributed by atoms with Crippen molar-refractivity contribution in [3.8, 4) is 17.0 Å². The second-order valence-electron chi connectivity index (χ2n) is 6.82. The van der Waals surface area contributed by atoms with Crippen LogP contribution in [0.5, 0.6) is 5.75 Å². The van der Waals surface area contributed by atoms with E-state index in [0.717, 1.165) is 16.8 Å². The van der Waals surface area contributed by atoms with E-state index in [1.807, 2.05) is 29.6 Å². The molecule has 0 unspecified atom stereocenters. The zero-order chi connectivity index (χ0) is 22.2. The van der Waals surface area contributed by atoms with Crippen LogP contribution in [0.3, 0.4) is 0 Å². The summed E-state index contributed by atoms with van der Waals surface area (Å²) in [6, 6.07) is 14.6. The molecule has 0 spiro atoms. The number of amides is 2. The van der Waals surface area contributed by atoms with Crippen molar-refractivity contribution in [3.63, 3.8) is 0 Å². The van der Waals surface area contributed by atoms with Crippen LogP contribution in [0.4, 0.5) is 5.13 Å². The lowest BCUT2D eigenvalue weighted by atomic mass is 10.1. The highest BCUT2D eigenvalue weighted by molar-refractivity contribution is 7.14. The molecule has 3 rings (SSSR count). The monoisotopic (exact) mass is 437 g/mol. The summed E-state index contributed by atoms with van der Waals surface area (Å²) < 4.78 is 5.20. The van der Waals surface area contributed by atoms with Crippen molar-refractivity contribution in [3.05, 3.63) is 65.0 Å². The lowest BCUT2D eigenvalue weighted by molar-refractivity contribution is -0.119. The van der Waals surface area contributed by atoms with Gasteiger partial charge in [0.1, 0.15) is 5.75 Å². The smallest absolute Gasteiger partial charge is 0.226 e. The molecule has 0 radical (unpaired) electrons. The third-order valence-electron chi connectivity index (χ3n) is 4.53. The fourth-order valence-electron chi connectivity index (χ4n) is 2.90. The number of benzene rings is 2. The normalized spacial score (nSPS) is 10.4. The molecule has 0 saturated carbocycles. The highest BCUT2D eigenvalue weighted by Crippen LogP contribution is 2.25. The van der Waals surface area contributed by atoms with E-state index in [-0.39, 0.29) is 30.4 Å². The minimum atomic E-state index is -0.269. The van der Waals surface area contributed by atoms with Crippen molar-refractivity contribution >= 4 is 34.1 Å². The van der Waals surface area contributed by atoms with Crippen LogP contribution in [0.1, 0.15) is 35.7 Å². The Morgan fingerprint density at radius 3 is 2.48 bits per heavy atom. The topological polar surface area (TPSA) is 97.4 Å². The molecular formula is C23H23N3O4S. The number of rotatable bonds is 9. The summed E-state index contributed by atoms with van der Waals surface area (Å²) in [5.74, 6) is 0.00992. The number of aromatic nitrogens is 1. The van der Waals surface area contributed by atoms with Crippen LogP contribution < -0.4 is 15.4 Å². The van der Waals surface area contributed by atoms with Crippen LogP contribution in [0.25, 0.3) is 11.3 Å². The Hall–Kier alpha value is -3.52. The van der Waals surface area contributed by atoms with Crippen LogP contribution in [0.15, 0.2) is 53.9 Å². The number of anilines is 1. The quantitative estimate of drug-likeness (QED) is 0.492. The minimum Gasteiger partial charge on any atom is -0.496 e. The van der Waals surface area contributed by atoms with E-state index in [4.69, 9.17) is 4.74 Å². The van der Waals surface area contributed by atoms with Gasteiger partial charge in [0.25, 0.3) is 0 Å². The summed E-state index contributed by atoms with van der Waals surface area (Å²) in [5.41, 5.74) is 3.12. The van der Waals surface area contributed by atoms with Gasteiger partial charge in [-0.3, -0.25) is 14.4 Å². The Balaban J connectivity index is 1.54. The van der Waals surface area contributed by atoms with Gasteiger partial charge in [-0.15, -0.1) is 11.3 Å². The molecule has 0 bridgehead atoms. The fraction of sp³-hybridized carbons (Fsp3) is 0.217. The molecule has 160 valence electrons. The van der Waals surface area contributed by atoms with Crippen molar-refractivity contribution in [2.24, 2.45) is 0 Å². The zero-order valence-corrected chi connectivity index (χ0v) is 18.1. The van der Waals surface area contributed by atoms with Crippen LogP contribution >= 0.6 is 11.3 Å². The SMILES string of the molecule is COc1ccccc1C(=O)CCC(=O)Nc1nc(-c2ccc(CNC(C)=O)cc2)cs1. The molecule has 8 heteroatoms. The Labute approximate surface area is 184 Å². The third kappa shape index (κ3) is 6.23. The Kier molecular flexibility index (Phi) is 7.50. The van der Waals surface area contributed by atoms with Gasteiger partial charge in [-0.25, -0.2) is 4.98 Å². The molecule has 0 saturated heterocycles. The first-order chi connectivity index (χ1) is 15.0. The molecule has 1 heterocycles. The molecule has 1 aromatic heterocycles. The molecule has 0 atom stereocenters. The highest BCUT2D eigenvalue weighted by Gasteiger charge is 2.14. The molecular weight excluding hydrogens is 414 g/mol. The van der Waals surface area contributed by atoms with E-state index in [2.05, 4.69) is 15.6 Å². The molecule has 31 heavy (non-hydrogen) atoms. The van der Waals surface area contributed by atoms with Crippen LogP contribution in [-0.4, -0.2) is 29.7 Å². The van der Waals surface area contributed by atoms with Crippen LogP contribution in [0.2, 0.25) is 0 Å². The average molecular weight is 438 g/mol. The summed E-state index contributed by atoms with van der Waals surface area (Å²) >= 11 is 1.32. The van der Waals surface area contributed by atoms with Crippen molar-refractivity contribution < 1.29 is 19.1 Å². The first-order valence-corrected chi connectivity index (χ1v) is 10.6. The lowest BCUT2D eigenvalue weighted by Crippen LogP contribution is -2.18. The summed E-state index contributed by atoms with van der Waals surface area (Å²) in [5, 5.41) is 7.84. The molecule has 3 aromatic rings. The lowest BCUT2D eigenvalue weighted by Gasteiger charge is -2.07. The van der Waals surface area contributed by atoms with Gasteiger partial charge in [0.05, 0.1) is 18.4 Å². The third-order valence-corrected chi connectivity index (χ3v) is 5.29. The zero-order valence-electron chi connectivity index (χ0n) is 17.3. The Morgan fingerprint density at radius 2 is 1.77 bits per heavy atom. The summed E-state index contributed by atoms with van der Waals surface area (Å²) in [7, 11) is 1.51. The van der Waals surface area contributed by atoms with Gasteiger partial charge in [0.2, 0.25) is 11.8 Å². The number of Topliss-reactive ketones (excluding diaryl/α,β-unsaturated/α-hetero) is 1. The molecule has 0 aliphatic carbocycles. The summed E-state index contributed by atoms with van der Waals surface area (Å²) in [4.78, 5) is 40.1. The Morgan fingerprint density at radius 1 is 1.03 bits per heavy atom. The van der Waals surface area contributed by atoms with E-state index in [1.165, 1.54) is 25.4 Å². The number of methoxy groups -OCH3 is 1. The number of nitrogens with one attached hydrogen (secondary N) is 2. The number of ketones is 1. The van der Waals surface area contributed by atoms with Crippen molar-refractivity contribution in [2.75, 3.05) is 12.4 Å². The van der Waals surface area contributed by atoms with E-state index >= 15 is 0 Å². The summed E-state index contributed by atoms with van der Waals surface area (Å²) in [6.07, 6.45) is 0.143. The number of hydrogen-bond donors (Lipinski definition) is 2. The maximum Gasteiger partial charge on any atom is 0.226 e. The van der Waals surface area contributed by atoms with Crippen molar-refractivity contribution in [1.82, 2.24) is 10.3 Å². The number of thiazole rings is 1. The Bertz CT molecular complexity index is 1080. The predicted molar refractivity (Wildman–Crippen MR) is 120 cm³/mol.